The molecular weight excluding hydrogens is 228 g/mol. The predicted octanol–water partition coefficient (Wildman–Crippen LogP) is 3.16. The third kappa shape index (κ3) is 2.91. The molecule has 0 aliphatic rings. The van der Waals surface area contributed by atoms with Gasteiger partial charge in [0.05, 0.1) is 12.3 Å². The quantitative estimate of drug-likeness (QED) is 0.839. The Morgan fingerprint density at radius 3 is 2.67 bits per heavy atom. The minimum absolute atomic E-state index is 0.469. The molecule has 2 N–H and O–H groups in total. The monoisotopic (exact) mass is 244 g/mol. The Morgan fingerprint density at radius 2 is 1.94 bits per heavy atom. The smallest absolute Gasteiger partial charge is 0.222 e. The van der Waals surface area contributed by atoms with Crippen LogP contribution in [-0.4, -0.2) is 11.6 Å². The van der Waals surface area contributed by atoms with Crippen LogP contribution in [0.3, 0.4) is 0 Å². The summed E-state index contributed by atoms with van der Waals surface area (Å²) < 4.78 is 10.9. The molecule has 0 saturated heterocycles. The van der Waals surface area contributed by atoms with Crippen molar-refractivity contribution in [2.75, 3.05) is 12.3 Å². The van der Waals surface area contributed by atoms with Crippen LogP contribution in [0.15, 0.2) is 36.4 Å². The van der Waals surface area contributed by atoms with Gasteiger partial charge in [-0.2, -0.15) is 4.98 Å². The van der Waals surface area contributed by atoms with Crippen molar-refractivity contribution in [1.82, 2.24) is 4.98 Å². The van der Waals surface area contributed by atoms with E-state index in [4.69, 9.17) is 15.2 Å². The number of rotatable bonds is 4. The summed E-state index contributed by atoms with van der Waals surface area (Å²) in [6.07, 6.45) is 0. The molecule has 2 aromatic rings. The molecule has 1 aromatic heterocycles. The normalized spacial score (nSPS) is 10.1. The summed E-state index contributed by atoms with van der Waals surface area (Å²) >= 11 is 0. The highest BCUT2D eigenvalue weighted by Crippen LogP contribution is 2.27. The average Bonchev–Trinajstić information content (AvgIpc) is 2.34. The van der Waals surface area contributed by atoms with E-state index >= 15 is 0 Å². The van der Waals surface area contributed by atoms with E-state index < -0.39 is 0 Å². The standard InChI is InChI=1S/C14H16N2O2/c1-3-17-13-5-4-6-14(16-13)18-12-8-7-10(2)9-11(12)15/h4-9H,3,15H2,1-2H3. The van der Waals surface area contributed by atoms with E-state index in [1.165, 1.54) is 0 Å². The van der Waals surface area contributed by atoms with Crippen LogP contribution in [0.1, 0.15) is 12.5 Å². The predicted molar refractivity (Wildman–Crippen MR) is 71.1 cm³/mol. The average molecular weight is 244 g/mol. The van der Waals surface area contributed by atoms with Gasteiger partial charge in [0.25, 0.3) is 0 Å². The molecule has 2 rings (SSSR count). The third-order valence-electron chi connectivity index (χ3n) is 2.37. The van der Waals surface area contributed by atoms with Crippen molar-refractivity contribution in [3.63, 3.8) is 0 Å². The van der Waals surface area contributed by atoms with E-state index in [1.807, 2.05) is 38.1 Å². The number of pyridine rings is 1. The number of aryl methyl sites for hydroxylation is 1. The molecule has 0 unspecified atom stereocenters. The van der Waals surface area contributed by atoms with Crippen molar-refractivity contribution < 1.29 is 9.47 Å². The van der Waals surface area contributed by atoms with Crippen molar-refractivity contribution in [3.8, 4) is 17.5 Å². The van der Waals surface area contributed by atoms with Crippen molar-refractivity contribution in [3.05, 3.63) is 42.0 Å². The second kappa shape index (κ2) is 5.40. The summed E-state index contributed by atoms with van der Waals surface area (Å²) in [6.45, 7) is 4.46. The minimum Gasteiger partial charge on any atom is -0.478 e. The van der Waals surface area contributed by atoms with Gasteiger partial charge < -0.3 is 15.2 Å². The SMILES string of the molecule is CCOc1cccc(Oc2ccc(C)cc2N)n1. The van der Waals surface area contributed by atoms with Gasteiger partial charge in [0.15, 0.2) is 5.75 Å². The molecule has 0 radical (unpaired) electrons. The topological polar surface area (TPSA) is 57.4 Å². The molecule has 18 heavy (non-hydrogen) atoms. The molecular formula is C14H16N2O2. The lowest BCUT2D eigenvalue weighted by atomic mass is 10.2. The number of aromatic nitrogens is 1. The van der Waals surface area contributed by atoms with Crippen molar-refractivity contribution in [1.29, 1.82) is 0 Å². The molecule has 4 nitrogen and oxygen atoms in total. The number of ether oxygens (including phenoxy) is 2. The summed E-state index contributed by atoms with van der Waals surface area (Å²) in [6, 6.07) is 11.0. The molecule has 1 aromatic carbocycles. The van der Waals surface area contributed by atoms with Crippen LogP contribution >= 0.6 is 0 Å². The molecule has 0 aliphatic carbocycles. The fourth-order valence-corrected chi connectivity index (χ4v) is 1.55. The second-order valence-corrected chi connectivity index (χ2v) is 3.89. The fourth-order valence-electron chi connectivity index (χ4n) is 1.55. The van der Waals surface area contributed by atoms with Crippen molar-refractivity contribution in [2.24, 2.45) is 0 Å². The van der Waals surface area contributed by atoms with Gasteiger partial charge in [0.2, 0.25) is 11.8 Å². The van der Waals surface area contributed by atoms with Crippen LogP contribution in [0.25, 0.3) is 0 Å². The lowest BCUT2D eigenvalue weighted by molar-refractivity contribution is 0.321. The first-order valence-corrected chi connectivity index (χ1v) is 5.83. The lowest BCUT2D eigenvalue weighted by Crippen LogP contribution is -1.97. The highest BCUT2D eigenvalue weighted by atomic mass is 16.5. The molecule has 94 valence electrons. The largest absolute Gasteiger partial charge is 0.478 e. The number of hydrogen-bond donors (Lipinski definition) is 1. The van der Waals surface area contributed by atoms with E-state index in [-0.39, 0.29) is 0 Å². The summed E-state index contributed by atoms with van der Waals surface area (Å²) in [5.74, 6) is 1.61. The van der Waals surface area contributed by atoms with Gasteiger partial charge >= 0.3 is 0 Å². The van der Waals surface area contributed by atoms with Gasteiger partial charge in [-0.05, 0) is 31.5 Å². The highest BCUT2D eigenvalue weighted by molar-refractivity contribution is 5.55. The van der Waals surface area contributed by atoms with Crippen LogP contribution in [-0.2, 0) is 0 Å². The Bertz CT molecular complexity index is 541. The number of benzene rings is 1. The van der Waals surface area contributed by atoms with Gasteiger partial charge in [0, 0.05) is 12.1 Å². The minimum atomic E-state index is 0.469. The van der Waals surface area contributed by atoms with Gasteiger partial charge in [-0.3, -0.25) is 0 Å². The first-order chi connectivity index (χ1) is 8.69. The van der Waals surface area contributed by atoms with Crippen LogP contribution in [0.2, 0.25) is 0 Å². The Kier molecular flexibility index (Phi) is 3.67. The number of nitrogen functional groups attached to an aromatic ring is 1. The summed E-state index contributed by atoms with van der Waals surface area (Å²) in [5, 5.41) is 0. The highest BCUT2D eigenvalue weighted by Gasteiger charge is 2.04. The molecule has 0 saturated carbocycles. The van der Waals surface area contributed by atoms with E-state index in [0.29, 0.717) is 29.8 Å². The molecule has 0 aliphatic heterocycles. The first kappa shape index (κ1) is 12.2. The van der Waals surface area contributed by atoms with E-state index in [2.05, 4.69) is 4.98 Å². The molecule has 0 atom stereocenters. The van der Waals surface area contributed by atoms with Gasteiger partial charge in [-0.25, -0.2) is 0 Å². The fraction of sp³-hybridized carbons (Fsp3) is 0.214. The van der Waals surface area contributed by atoms with Crippen molar-refractivity contribution in [2.45, 2.75) is 13.8 Å². The summed E-state index contributed by atoms with van der Waals surface area (Å²) in [7, 11) is 0. The Balaban J connectivity index is 2.20. The zero-order valence-electron chi connectivity index (χ0n) is 10.5. The molecule has 0 amide bonds. The van der Waals surface area contributed by atoms with E-state index in [9.17, 15) is 0 Å². The lowest BCUT2D eigenvalue weighted by Gasteiger charge is -2.09. The van der Waals surface area contributed by atoms with E-state index in [1.54, 1.807) is 12.1 Å². The van der Waals surface area contributed by atoms with Gasteiger partial charge in [-0.1, -0.05) is 12.1 Å². The maximum Gasteiger partial charge on any atom is 0.222 e. The van der Waals surface area contributed by atoms with Crippen LogP contribution in [0.4, 0.5) is 5.69 Å². The maximum absolute atomic E-state index is 5.88. The van der Waals surface area contributed by atoms with Gasteiger partial charge in [0.1, 0.15) is 0 Å². The van der Waals surface area contributed by atoms with Crippen LogP contribution in [0.5, 0.6) is 17.5 Å². The van der Waals surface area contributed by atoms with E-state index in [0.717, 1.165) is 5.56 Å². The molecule has 0 spiro atoms. The molecule has 0 bridgehead atoms. The first-order valence-electron chi connectivity index (χ1n) is 5.83. The Morgan fingerprint density at radius 1 is 1.17 bits per heavy atom. The Labute approximate surface area is 106 Å². The van der Waals surface area contributed by atoms with Crippen molar-refractivity contribution >= 4 is 5.69 Å². The number of nitrogens with zero attached hydrogens (tertiary/aromatic N) is 1. The van der Waals surface area contributed by atoms with Gasteiger partial charge in [-0.15, -0.1) is 0 Å². The summed E-state index contributed by atoms with van der Waals surface area (Å²) in [4.78, 5) is 4.22. The number of hydrogen-bond acceptors (Lipinski definition) is 4. The van der Waals surface area contributed by atoms with Crippen LogP contribution < -0.4 is 15.2 Å². The molecule has 4 heteroatoms. The zero-order chi connectivity index (χ0) is 13.0. The third-order valence-corrected chi connectivity index (χ3v) is 2.37. The second-order valence-electron chi connectivity index (χ2n) is 3.89. The molecule has 1 heterocycles. The Hall–Kier alpha value is -2.23. The number of nitrogens with two attached hydrogens (primary N) is 1. The van der Waals surface area contributed by atoms with Crippen LogP contribution in [0, 0.1) is 6.92 Å². The maximum atomic E-state index is 5.88. The molecule has 0 fully saturated rings. The summed E-state index contributed by atoms with van der Waals surface area (Å²) in [5.41, 5.74) is 7.57. The number of anilines is 1. The zero-order valence-corrected chi connectivity index (χ0v) is 10.5.